The van der Waals surface area contributed by atoms with Gasteiger partial charge in [-0.05, 0) is 17.7 Å². The van der Waals surface area contributed by atoms with E-state index in [0.29, 0.717) is 0 Å². The van der Waals surface area contributed by atoms with Gasteiger partial charge in [-0.15, -0.1) is 0 Å². The Hall–Kier alpha value is -1.65. The molecule has 0 fully saturated rings. The Balaban J connectivity index is 3.06. The van der Waals surface area contributed by atoms with Crippen molar-refractivity contribution in [3.05, 3.63) is 29.3 Å². The van der Waals surface area contributed by atoms with Crippen LogP contribution in [0.3, 0.4) is 0 Å². The highest BCUT2D eigenvalue weighted by atomic mass is 19.2. The summed E-state index contributed by atoms with van der Waals surface area (Å²) in [5, 5.41) is 8.36. The lowest BCUT2D eigenvalue weighted by atomic mass is 10.1. The number of nitrogens with two attached hydrogens (primary N) is 1. The number of halogens is 2. The van der Waals surface area contributed by atoms with Crippen molar-refractivity contribution in [1.29, 1.82) is 0 Å². The first-order valence-corrected chi connectivity index (χ1v) is 3.46. The molecule has 3 nitrogen and oxygen atoms in total. The van der Waals surface area contributed by atoms with Crippen molar-refractivity contribution in [3.63, 3.8) is 0 Å². The molecule has 0 aliphatic rings. The minimum Gasteiger partial charge on any atom is -0.481 e. The van der Waals surface area contributed by atoms with Crippen LogP contribution in [0, 0.1) is 11.6 Å². The molecule has 1 aromatic carbocycles. The molecular weight excluding hydrogens is 180 g/mol. The van der Waals surface area contributed by atoms with Crippen LogP contribution in [-0.4, -0.2) is 11.1 Å². The Morgan fingerprint density at radius 3 is 2.54 bits per heavy atom. The van der Waals surface area contributed by atoms with E-state index < -0.39 is 17.6 Å². The van der Waals surface area contributed by atoms with Crippen LogP contribution >= 0.6 is 0 Å². The van der Waals surface area contributed by atoms with Crippen LogP contribution < -0.4 is 5.73 Å². The lowest BCUT2D eigenvalue weighted by Gasteiger charge is -2.01. The van der Waals surface area contributed by atoms with Crippen LogP contribution in [0.15, 0.2) is 12.1 Å². The summed E-state index contributed by atoms with van der Waals surface area (Å²) in [6.45, 7) is 0. The number of hydrogen-bond acceptors (Lipinski definition) is 2. The minimum atomic E-state index is -1.14. The smallest absolute Gasteiger partial charge is 0.307 e. The Bertz CT molecular complexity index is 329. The van der Waals surface area contributed by atoms with Crippen molar-refractivity contribution in [3.8, 4) is 0 Å². The van der Waals surface area contributed by atoms with Crippen molar-refractivity contribution < 1.29 is 18.7 Å². The van der Waals surface area contributed by atoms with Crippen molar-refractivity contribution in [2.24, 2.45) is 0 Å². The van der Waals surface area contributed by atoms with Gasteiger partial charge in [0.2, 0.25) is 0 Å². The molecule has 0 unspecified atom stereocenters. The van der Waals surface area contributed by atoms with E-state index in [-0.39, 0.29) is 17.7 Å². The molecule has 0 spiro atoms. The number of rotatable bonds is 2. The first-order valence-electron chi connectivity index (χ1n) is 3.46. The van der Waals surface area contributed by atoms with Gasteiger partial charge in [0.1, 0.15) is 0 Å². The third-order valence-corrected chi connectivity index (χ3v) is 1.47. The topological polar surface area (TPSA) is 63.3 Å². The van der Waals surface area contributed by atoms with Crippen LogP contribution in [-0.2, 0) is 11.2 Å². The second-order valence-corrected chi connectivity index (χ2v) is 2.55. The number of carboxylic acids is 1. The van der Waals surface area contributed by atoms with E-state index in [4.69, 9.17) is 10.8 Å². The SMILES string of the molecule is Nc1cc(CC(=O)O)cc(F)c1F. The zero-order valence-corrected chi connectivity index (χ0v) is 6.55. The molecule has 0 saturated carbocycles. The normalized spacial score (nSPS) is 10.0. The zero-order chi connectivity index (χ0) is 10.0. The first kappa shape index (κ1) is 9.44. The lowest BCUT2D eigenvalue weighted by molar-refractivity contribution is -0.136. The largest absolute Gasteiger partial charge is 0.481 e. The van der Waals surface area contributed by atoms with Crippen molar-refractivity contribution in [2.75, 3.05) is 5.73 Å². The van der Waals surface area contributed by atoms with Gasteiger partial charge in [-0.1, -0.05) is 0 Å². The highest BCUT2D eigenvalue weighted by molar-refractivity contribution is 5.70. The Morgan fingerprint density at radius 1 is 1.46 bits per heavy atom. The summed E-state index contributed by atoms with van der Waals surface area (Å²) in [5.41, 5.74) is 4.85. The second kappa shape index (κ2) is 3.38. The molecule has 3 N–H and O–H groups in total. The fourth-order valence-electron chi connectivity index (χ4n) is 0.945. The number of carbonyl (C=O) groups is 1. The number of hydrogen-bond donors (Lipinski definition) is 2. The predicted molar refractivity (Wildman–Crippen MR) is 42.1 cm³/mol. The predicted octanol–water partition coefficient (Wildman–Crippen LogP) is 1.17. The van der Waals surface area contributed by atoms with Gasteiger partial charge in [-0.3, -0.25) is 4.79 Å². The monoisotopic (exact) mass is 187 g/mol. The van der Waals surface area contributed by atoms with Gasteiger partial charge in [-0.2, -0.15) is 0 Å². The Kier molecular flexibility index (Phi) is 2.46. The van der Waals surface area contributed by atoms with E-state index in [1.54, 1.807) is 0 Å². The molecule has 1 aromatic rings. The summed E-state index contributed by atoms with van der Waals surface area (Å²) < 4.78 is 25.2. The fourth-order valence-corrected chi connectivity index (χ4v) is 0.945. The third kappa shape index (κ3) is 2.14. The molecule has 0 aliphatic heterocycles. The zero-order valence-electron chi connectivity index (χ0n) is 6.55. The maximum atomic E-state index is 12.6. The molecule has 0 bridgehead atoms. The van der Waals surface area contributed by atoms with Crippen LogP contribution in [0.5, 0.6) is 0 Å². The molecule has 5 heteroatoms. The fraction of sp³-hybridized carbons (Fsp3) is 0.125. The number of carboxylic acid groups (broad SMARTS) is 1. The molecule has 0 saturated heterocycles. The van der Waals surface area contributed by atoms with Crippen LogP contribution in [0.2, 0.25) is 0 Å². The molecule has 13 heavy (non-hydrogen) atoms. The quantitative estimate of drug-likeness (QED) is 0.683. The summed E-state index contributed by atoms with van der Waals surface area (Å²) in [7, 11) is 0. The van der Waals surface area contributed by atoms with Gasteiger partial charge in [-0.25, -0.2) is 8.78 Å². The van der Waals surface area contributed by atoms with Crippen LogP contribution in [0.25, 0.3) is 0 Å². The van der Waals surface area contributed by atoms with Gasteiger partial charge in [0.25, 0.3) is 0 Å². The molecule has 70 valence electrons. The van der Waals surface area contributed by atoms with E-state index >= 15 is 0 Å². The van der Waals surface area contributed by atoms with Crippen LogP contribution in [0.1, 0.15) is 5.56 Å². The molecule has 0 atom stereocenters. The number of benzene rings is 1. The second-order valence-electron chi connectivity index (χ2n) is 2.55. The molecule has 0 aromatic heterocycles. The van der Waals surface area contributed by atoms with E-state index in [9.17, 15) is 13.6 Å². The standard InChI is InChI=1S/C8H7F2NO2/c9-5-1-4(3-7(12)13)2-6(11)8(5)10/h1-2H,3,11H2,(H,12,13). The Morgan fingerprint density at radius 2 is 2.08 bits per heavy atom. The molecule has 1 rings (SSSR count). The maximum Gasteiger partial charge on any atom is 0.307 e. The molecule has 0 aliphatic carbocycles. The van der Waals surface area contributed by atoms with Gasteiger partial charge < -0.3 is 10.8 Å². The maximum absolute atomic E-state index is 12.6. The van der Waals surface area contributed by atoms with Crippen molar-refractivity contribution >= 4 is 11.7 Å². The summed E-state index contributed by atoms with van der Waals surface area (Å²) in [6, 6.07) is 1.92. The number of nitrogen functional groups attached to an aromatic ring is 1. The van der Waals surface area contributed by atoms with Gasteiger partial charge in [0.15, 0.2) is 11.6 Å². The third-order valence-electron chi connectivity index (χ3n) is 1.47. The molecule has 0 heterocycles. The van der Waals surface area contributed by atoms with E-state index in [0.717, 1.165) is 12.1 Å². The average molecular weight is 187 g/mol. The van der Waals surface area contributed by atoms with E-state index in [1.807, 2.05) is 0 Å². The van der Waals surface area contributed by atoms with Gasteiger partial charge >= 0.3 is 5.97 Å². The summed E-state index contributed by atoms with van der Waals surface area (Å²) in [5.74, 6) is -3.39. The van der Waals surface area contributed by atoms with Crippen molar-refractivity contribution in [2.45, 2.75) is 6.42 Å². The number of aliphatic carboxylic acids is 1. The minimum absolute atomic E-state index is 0.143. The summed E-state index contributed by atoms with van der Waals surface area (Å²) in [6.07, 6.45) is -0.374. The molecular formula is C8H7F2NO2. The Labute approximate surface area is 72.8 Å². The highest BCUT2D eigenvalue weighted by Gasteiger charge is 2.09. The van der Waals surface area contributed by atoms with Gasteiger partial charge in [0.05, 0.1) is 12.1 Å². The summed E-state index contributed by atoms with van der Waals surface area (Å²) in [4.78, 5) is 10.2. The first-order chi connectivity index (χ1) is 6.00. The van der Waals surface area contributed by atoms with Crippen molar-refractivity contribution in [1.82, 2.24) is 0 Å². The number of anilines is 1. The van der Waals surface area contributed by atoms with Gasteiger partial charge in [0, 0.05) is 0 Å². The van der Waals surface area contributed by atoms with E-state index in [1.165, 1.54) is 0 Å². The van der Waals surface area contributed by atoms with E-state index in [2.05, 4.69) is 0 Å². The molecule has 0 amide bonds. The highest BCUT2D eigenvalue weighted by Crippen LogP contribution is 2.16. The molecule has 0 radical (unpaired) electrons. The summed E-state index contributed by atoms with van der Waals surface area (Å²) >= 11 is 0. The van der Waals surface area contributed by atoms with Crippen LogP contribution in [0.4, 0.5) is 14.5 Å². The average Bonchev–Trinajstić information content (AvgIpc) is 1.98. The lowest BCUT2D eigenvalue weighted by Crippen LogP contribution is -2.03.